The van der Waals surface area contributed by atoms with E-state index in [1.54, 1.807) is 36.4 Å². The molecule has 0 heterocycles. The van der Waals surface area contributed by atoms with E-state index in [4.69, 9.17) is 9.47 Å². The van der Waals surface area contributed by atoms with Crippen molar-refractivity contribution in [2.24, 2.45) is 0 Å². The summed E-state index contributed by atoms with van der Waals surface area (Å²) in [6.45, 7) is 1.84. The van der Waals surface area contributed by atoms with Gasteiger partial charge in [-0.15, -0.1) is 0 Å². The lowest BCUT2D eigenvalue weighted by atomic mass is 10.0. The zero-order chi connectivity index (χ0) is 18.0. The first kappa shape index (κ1) is 16.3. The van der Waals surface area contributed by atoms with Crippen LogP contribution in [0.15, 0.2) is 48.5 Å². The van der Waals surface area contributed by atoms with E-state index in [0.717, 1.165) is 5.56 Å². The minimum atomic E-state index is -1.06. The van der Waals surface area contributed by atoms with Crippen molar-refractivity contribution in [3.05, 3.63) is 65.2 Å². The first-order chi connectivity index (χ1) is 12.0. The minimum Gasteiger partial charge on any atom is -0.496 e. The molecule has 0 saturated heterocycles. The number of fused-ring (bicyclic) bond motifs is 1. The first-order valence-corrected chi connectivity index (χ1v) is 7.56. The van der Waals surface area contributed by atoms with Crippen molar-refractivity contribution in [1.82, 2.24) is 0 Å². The van der Waals surface area contributed by atoms with Crippen molar-refractivity contribution >= 4 is 16.7 Å². The van der Waals surface area contributed by atoms with Crippen molar-refractivity contribution in [2.75, 3.05) is 7.11 Å². The van der Waals surface area contributed by atoms with Gasteiger partial charge in [-0.2, -0.15) is 5.26 Å². The fourth-order valence-electron chi connectivity index (χ4n) is 2.69. The van der Waals surface area contributed by atoms with Crippen LogP contribution in [0.2, 0.25) is 0 Å². The summed E-state index contributed by atoms with van der Waals surface area (Å²) in [5.41, 5.74) is 1.38. The Bertz CT molecular complexity index is 1020. The summed E-state index contributed by atoms with van der Waals surface area (Å²) in [5.74, 6) is 0.169. The van der Waals surface area contributed by atoms with Crippen molar-refractivity contribution in [1.29, 1.82) is 5.26 Å². The van der Waals surface area contributed by atoms with Gasteiger partial charge in [-0.25, -0.2) is 4.79 Å². The normalized spacial score (nSPS) is 10.3. The molecule has 0 unspecified atom stereocenters. The molecule has 3 aromatic rings. The molecular weight excluding hydrogens is 318 g/mol. The predicted octanol–water partition coefficient (Wildman–Crippen LogP) is 4.52. The Balaban J connectivity index is 2.17. The highest BCUT2D eigenvalue weighted by Gasteiger charge is 2.15. The summed E-state index contributed by atoms with van der Waals surface area (Å²) in [4.78, 5) is 11.4. The summed E-state index contributed by atoms with van der Waals surface area (Å²) >= 11 is 0. The number of aryl methyl sites for hydroxylation is 1. The Labute approximate surface area is 144 Å². The van der Waals surface area contributed by atoms with Crippen LogP contribution in [0.1, 0.15) is 21.5 Å². The van der Waals surface area contributed by atoms with Crippen LogP contribution in [-0.2, 0) is 0 Å². The molecule has 0 aliphatic carbocycles. The quantitative estimate of drug-likeness (QED) is 0.759. The van der Waals surface area contributed by atoms with Crippen LogP contribution in [0.25, 0.3) is 10.8 Å². The minimum absolute atomic E-state index is 0.0837. The molecule has 0 spiro atoms. The molecule has 1 N–H and O–H groups in total. The lowest BCUT2D eigenvalue weighted by Gasteiger charge is -2.13. The summed E-state index contributed by atoms with van der Waals surface area (Å²) in [6.07, 6.45) is 0. The van der Waals surface area contributed by atoms with E-state index in [1.165, 1.54) is 7.11 Å². The number of hydrogen-bond donors (Lipinski definition) is 1. The average Bonchev–Trinajstić information content (AvgIpc) is 2.61. The van der Waals surface area contributed by atoms with Gasteiger partial charge in [0, 0.05) is 5.39 Å². The first-order valence-electron chi connectivity index (χ1n) is 7.56. The van der Waals surface area contributed by atoms with Gasteiger partial charge in [0.25, 0.3) is 0 Å². The van der Waals surface area contributed by atoms with Crippen LogP contribution < -0.4 is 9.47 Å². The van der Waals surface area contributed by atoms with E-state index in [0.29, 0.717) is 27.8 Å². The van der Waals surface area contributed by atoms with Gasteiger partial charge in [0.2, 0.25) is 0 Å². The second-order valence-corrected chi connectivity index (χ2v) is 5.50. The molecule has 3 aromatic carbocycles. The van der Waals surface area contributed by atoms with Gasteiger partial charge in [0.05, 0.1) is 12.7 Å². The number of ether oxygens (including phenoxy) is 2. The molecule has 3 rings (SSSR count). The SMILES string of the molecule is COc1cc2c(Oc3cccc(C)c3C#N)cccc2cc1C(=O)O. The fourth-order valence-corrected chi connectivity index (χ4v) is 2.69. The van der Waals surface area contributed by atoms with Gasteiger partial charge in [-0.1, -0.05) is 24.3 Å². The maximum atomic E-state index is 11.4. The number of aromatic carboxylic acids is 1. The lowest BCUT2D eigenvalue weighted by Crippen LogP contribution is -2.01. The van der Waals surface area contributed by atoms with E-state index in [9.17, 15) is 15.2 Å². The molecular formula is C20H15NO4. The predicted molar refractivity (Wildman–Crippen MR) is 93.4 cm³/mol. The van der Waals surface area contributed by atoms with E-state index in [1.807, 2.05) is 19.1 Å². The Kier molecular flexibility index (Phi) is 4.27. The van der Waals surface area contributed by atoms with Gasteiger partial charge in [0.15, 0.2) is 0 Å². The summed E-state index contributed by atoms with van der Waals surface area (Å²) < 4.78 is 11.2. The number of methoxy groups -OCH3 is 1. The number of nitrogens with zero attached hydrogens (tertiary/aromatic N) is 1. The standard InChI is InChI=1S/C20H15NO4/c1-12-5-3-7-18(16(12)11-21)25-17-8-4-6-13-9-15(20(22)23)19(24-2)10-14(13)17/h3-10H,1-2H3,(H,22,23). The van der Waals surface area contributed by atoms with E-state index < -0.39 is 5.97 Å². The number of nitriles is 1. The fraction of sp³-hybridized carbons (Fsp3) is 0.100. The Morgan fingerprint density at radius 2 is 1.80 bits per heavy atom. The smallest absolute Gasteiger partial charge is 0.339 e. The van der Waals surface area contributed by atoms with E-state index in [-0.39, 0.29) is 11.3 Å². The number of benzene rings is 3. The Hall–Kier alpha value is -3.52. The second-order valence-electron chi connectivity index (χ2n) is 5.50. The highest BCUT2D eigenvalue weighted by atomic mass is 16.5. The highest BCUT2D eigenvalue weighted by Crippen LogP contribution is 2.35. The second kappa shape index (κ2) is 6.54. The van der Waals surface area contributed by atoms with Crippen LogP contribution in [-0.4, -0.2) is 18.2 Å². The largest absolute Gasteiger partial charge is 0.496 e. The molecule has 0 radical (unpaired) electrons. The molecule has 0 saturated carbocycles. The highest BCUT2D eigenvalue weighted by molar-refractivity contribution is 5.99. The van der Waals surface area contributed by atoms with E-state index in [2.05, 4.69) is 6.07 Å². The summed E-state index contributed by atoms with van der Waals surface area (Å²) in [7, 11) is 1.42. The molecule has 25 heavy (non-hydrogen) atoms. The molecule has 0 amide bonds. The molecule has 5 heteroatoms. The van der Waals surface area contributed by atoms with Crippen molar-refractivity contribution in [2.45, 2.75) is 6.92 Å². The van der Waals surface area contributed by atoms with Gasteiger partial charge in [-0.05, 0) is 42.1 Å². The lowest BCUT2D eigenvalue weighted by molar-refractivity contribution is 0.0693. The van der Waals surface area contributed by atoms with Crippen LogP contribution in [0.5, 0.6) is 17.2 Å². The molecule has 5 nitrogen and oxygen atoms in total. The molecule has 0 fully saturated rings. The van der Waals surface area contributed by atoms with E-state index >= 15 is 0 Å². The monoisotopic (exact) mass is 333 g/mol. The average molecular weight is 333 g/mol. The zero-order valence-electron chi connectivity index (χ0n) is 13.7. The summed E-state index contributed by atoms with van der Waals surface area (Å²) in [5, 5.41) is 20.1. The van der Waals surface area contributed by atoms with Crippen molar-refractivity contribution < 1.29 is 19.4 Å². The Morgan fingerprint density at radius 1 is 1.08 bits per heavy atom. The van der Waals surface area contributed by atoms with Gasteiger partial charge < -0.3 is 14.6 Å². The number of carboxylic acids is 1. The zero-order valence-corrected chi connectivity index (χ0v) is 13.7. The molecule has 0 aliphatic rings. The summed E-state index contributed by atoms with van der Waals surface area (Å²) in [6, 6.07) is 16.1. The number of rotatable bonds is 4. The van der Waals surface area contributed by atoms with Crippen LogP contribution in [0.3, 0.4) is 0 Å². The molecule has 124 valence electrons. The van der Waals surface area contributed by atoms with Crippen LogP contribution in [0, 0.1) is 18.3 Å². The van der Waals surface area contributed by atoms with Crippen molar-refractivity contribution in [3.8, 4) is 23.3 Å². The van der Waals surface area contributed by atoms with Gasteiger partial charge in [-0.3, -0.25) is 0 Å². The third kappa shape index (κ3) is 2.98. The third-order valence-electron chi connectivity index (χ3n) is 3.96. The maximum Gasteiger partial charge on any atom is 0.339 e. The third-order valence-corrected chi connectivity index (χ3v) is 3.96. The number of carbonyl (C=O) groups is 1. The molecule has 0 aliphatic heterocycles. The van der Waals surface area contributed by atoms with Crippen LogP contribution in [0.4, 0.5) is 0 Å². The molecule has 0 bridgehead atoms. The molecule has 0 aromatic heterocycles. The maximum absolute atomic E-state index is 11.4. The van der Waals surface area contributed by atoms with Gasteiger partial charge in [0.1, 0.15) is 28.9 Å². The van der Waals surface area contributed by atoms with Crippen LogP contribution >= 0.6 is 0 Å². The topological polar surface area (TPSA) is 79.5 Å². The number of hydrogen-bond acceptors (Lipinski definition) is 4. The van der Waals surface area contributed by atoms with Gasteiger partial charge >= 0.3 is 5.97 Å². The Morgan fingerprint density at radius 3 is 2.48 bits per heavy atom. The number of carboxylic acid groups (broad SMARTS) is 1. The van der Waals surface area contributed by atoms with Crippen molar-refractivity contribution in [3.63, 3.8) is 0 Å². The molecule has 0 atom stereocenters.